The SMILES string of the molecule is Cc1c(O)ccc(-c2cc(N)no2)c1O. The third-order valence-corrected chi connectivity index (χ3v) is 2.20. The highest BCUT2D eigenvalue weighted by Crippen LogP contribution is 2.36. The number of hydrogen-bond acceptors (Lipinski definition) is 5. The molecule has 4 N–H and O–H groups in total. The fraction of sp³-hybridized carbons (Fsp3) is 0.100. The molecule has 0 radical (unpaired) electrons. The fourth-order valence-corrected chi connectivity index (χ4v) is 1.30. The number of anilines is 1. The average molecular weight is 206 g/mol. The lowest BCUT2D eigenvalue weighted by Gasteiger charge is -2.05. The van der Waals surface area contributed by atoms with Gasteiger partial charge in [0.2, 0.25) is 0 Å². The van der Waals surface area contributed by atoms with Gasteiger partial charge in [0, 0.05) is 11.6 Å². The van der Waals surface area contributed by atoms with E-state index in [1.807, 2.05) is 0 Å². The van der Waals surface area contributed by atoms with E-state index in [9.17, 15) is 10.2 Å². The number of phenolic OH excluding ortho intramolecular Hbond substituents is 2. The molecular weight excluding hydrogens is 196 g/mol. The van der Waals surface area contributed by atoms with Crippen molar-refractivity contribution < 1.29 is 14.7 Å². The molecule has 0 amide bonds. The second kappa shape index (κ2) is 3.20. The summed E-state index contributed by atoms with van der Waals surface area (Å²) in [6.45, 7) is 1.61. The van der Waals surface area contributed by atoms with Crippen LogP contribution in [0.2, 0.25) is 0 Å². The first kappa shape index (κ1) is 9.39. The summed E-state index contributed by atoms with van der Waals surface area (Å²) in [7, 11) is 0. The number of nitrogens with zero attached hydrogens (tertiary/aromatic N) is 1. The highest BCUT2D eigenvalue weighted by atomic mass is 16.5. The molecule has 2 rings (SSSR count). The van der Waals surface area contributed by atoms with Crippen LogP contribution >= 0.6 is 0 Å². The van der Waals surface area contributed by atoms with Crippen molar-refractivity contribution >= 4 is 5.82 Å². The Morgan fingerprint density at radius 3 is 2.67 bits per heavy atom. The molecule has 15 heavy (non-hydrogen) atoms. The van der Waals surface area contributed by atoms with Crippen molar-refractivity contribution in [3.8, 4) is 22.8 Å². The van der Waals surface area contributed by atoms with E-state index in [-0.39, 0.29) is 17.3 Å². The number of benzene rings is 1. The van der Waals surface area contributed by atoms with Crippen molar-refractivity contribution in [3.05, 3.63) is 23.8 Å². The molecule has 78 valence electrons. The largest absolute Gasteiger partial charge is 0.508 e. The van der Waals surface area contributed by atoms with Crippen LogP contribution in [0.15, 0.2) is 22.7 Å². The summed E-state index contributed by atoms with van der Waals surface area (Å²) >= 11 is 0. The van der Waals surface area contributed by atoms with Gasteiger partial charge >= 0.3 is 0 Å². The van der Waals surface area contributed by atoms with E-state index in [0.717, 1.165) is 0 Å². The summed E-state index contributed by atoms with van der Waals surface area (Å²) in [4.78, 5) is 0. The van der Waals surface area contributed by atoms with Gasteiger partial charge in [0.05, 0.1) is 5.56 Å². The predicted octanol–water partition coefficient (Wildman–Crippen LogP) is 1.64. The topological polar surface area (TPSA) is 92.5 Å². The van der Waals surface area contributed by atoms with Gasteiger partial charge < -0.3 is 20.5 Å². The lowest BCUT2D eigenvalue weighted by atomic mass is 10.1. The van der Waals surface area contributed by atoms with Gasteiger partial charge in [-0.05, 0) is 19.1 Å². The van der Waals surface area contributed by atoms with Crippen LogP contribution in [0, 0.1) is 6.92 Å². The standard InChI is InChI=1S/C10H10N2O3/c1-5-7(13)3-2-6(10(5)14)8-4-9(11)12-15-8/h2-4,13-14H,1H3,(H2,11,12). The Morgan fingerprint density at radius 2 is 2.07 bits per heavy atom. The van der Waals surface area contributed by atoms with Crippen molar-refractivity contribution in [1.29, 1.82) is 0 Å². The third-order valence-electron chi connectivity index (χ3n) is 2.20. The minimum Gasteiger partial charge on any atom is -0.508 e. The van der Waals surface area contributed by atoms with E-state index >= 15 is 0 Å². The molecule has 0 bridgehead atoms. The molecule has 1 aromatic heterocycles. The van der Waals surface area contributed by atoms with E-state index in [2.05, 4.69) is 5.16 Å². The molecular formula is C10H10N2O3. The monoisotopic (exact) mass is 206 g/mol. The molecule has 5 nitrogen and oxygen atoms in total. The molecule has 0 aliphatic carbocycles. The van der Waals surface area contributed by atoms with E-state index in [4.69, 9.17) is 10.3 Å². The van der Waals surface area contributed by atoms with Gasteiger partial charge in [-0.25, -0.2) is 0 Å². The normalized spacial score (nSPS) is 10.5. The molecule has 2 aromatic rings. The van der Waals surface area contributed by atoms with Crippen LogP contribution in [0.25, 0.3) is 11.3 Å². The Balaban J connectivity index is 2.59. The number of nitrogens with two attached hydrogens (primary N) is 1. The zero-order chi connectivity index (χ0) is 11.0. The summed E-state index contributed by atoms with van der Waals surface area (Å²) in [6, 6.07) is 4.52. The van der Waals surface area contributed by atoms with E-state index in [1.54, 1.807) is 6.92 Å². The zero-order valence-electron chi connectivity index (χ0n) is 8.06. The second-order valence-corrected chi connectivity index (χ2v) is 3.22. The van der Waals surface area contributed by atoms with Gasteiger partial charge in [0.25, 0.3) is 0 Å². The molecule has 0 saturated carbocycles. The summed E-state index contributed by atoms with van der Waals surface area (Å²) in [5, 5.41) is 22.6. The first-order valence-electron chi connectivity index (χ1n) is 4.33. The predicted molar refractivity (Wildman–Crippen MR) is 54.4 cm³/mol. The van der Waals surface area contributed by atoms with Gasteiger partial charge in [-0.1, -0.05) is 5.16 Å². The summed E-state index contributed by atoms with van der Waals surface area (Å²) in [6.07, 6.45) is 0. The molecule has 1 heterocycles. The van der Waals surface area contributed by atoms with Gasteiger partial charge in [-0.2, -0.15) is 0 Å². The minimum absolute atomic E-state index is 0.0312. The number of nitrogen functional groups attached to an aromatic ring is 1. The van der Waals surface area contributed by atoms with Crippen LogP contribution < -0.4 is 5.73 Å². The van der Waals surface area contributed by atoms with E-state index in [0.29, 0.717) is 16.9 Å². The van der Waals surface area contributed by atoms with Crippen molar-refractivity contribution in [2.45, 2.75) is 6.92 Å². The summed E-state index contributed by atoms with van der Waals surface area (Å²) in [5.41, 5.74) is 6.24. The van der Waals surface area contributed by atoms with Gasteiger partial charge in [-0.3, -0.25) is 0 Å². The highest BCUT2D eigenvalue weighted by Gasteiger charge is 2.13. The quantitative estimate of drug-likeness (QED) is 0.659. The number of aromatic nitrogens is 1. The van der Waals surface area contributed by atoms with Crippen molar-refractivity contribution in [2.75, 3.05) is 5.73 Å². The van der Waals surface area contributed by atoms with Crippen molar-refractivity contribution in [3.63, 3.8) is 0 Å². The Morgan fingerprint density at radius 1 is 1.33 bits per heavy atom. The van der Waals surface area contributed by atoms with Crippen LogP contribution in [-0.2, 0) is 0 Å². The fourth-order valence-electron chi connectivity index (χ4n) is 1.30. The zero-order valence-corrected chi connectivity index (χ0v) is 8.06. The number of phenols is 2. The van der Waals surface area contributed by atoms with Gasteiger partial charge in [0.15, 0.2) is 11.6 Å². The van der Waals surface area contributed by atoms with Crippen molar-refractivity contribution in [2.24, 2.45) is 0 Å². The first-order chi connectivity index (χ1) is 7.09. The maximum Gasteiger partial charge on any atom is 0.172 e. The number of hydrogen-bond donors (Lipinski definition) is 3. The lowest BCUT2D eigenvalue weighted by molar-refractivity contribution is 0.424. The Labute approximate surface area is 85.7 Å². The molecule has 0 aliphatic rings. The number of rotatable bonds is 1. The average Bonchev–Trinajstić information content (AvgIpc) is 2.61. The molecule has 0 saturated heterocycles. The Bertz CT molecular complexity index is 505. The number of aromatic hydroxyl groups is 2. The van der Waals surface area contributed by atoms with Crippen LogP contribution in [0.4, 0.5) is 5.82 Å². The summed E-state index contributed by atoms with van der Waals surface area (Å²) in [5.74, 6) is 0.609. The van der Waals surface area contributed by atoms with Crippen LogP contribution in [0.1, 0.15) is 5.56 Å². The summed E-state index contributed by atoms with van der Waals surface area (Å²) < 4.78 is 4.91. The van der Waals surface area contributed by atoms with Gasteiger partial charge in [-0.15, -0.1) is 0 Å². The molecule has 1 aromatic carbocycles. The molecule has 5 heteroatoms. The van der Waals surface area contributed by atoms with Gasteiger partial charge in [0.1, 0.15) is 11.5 Å². The molecule has 0 aliphatic heterocycles. The first-order valence-corrected chi connectivity index (χ1v) is 4.33. The Kier molecular flexibility index (Phi) is 2.00. The maximum atomic E-state index is 9.75. The maximum absolute atomic E-state index is 9.75. The molecule has 0 spiro atoms. The second-order valence-electron chi connectivity index (χ2n) is 3.22. The van der Waals surface area contributed by atoms with E-state index in [1.165, 1.54) is 18.2 Å². The highest BCUT2D eigenvalue weighted by molar-refractivity contribution is 5.70. The minimum atomic E-state index is -0.0360. The van der Waals surface area contributed by atoms with Crippen LogP contribution in [-0.4, -0.2) is 15.4 Å². The molecule has 0 unspecified atom stereocenters. The smallest absolute Gasteiger partial charge is 0.172 e. The lowest BCUT2D eigenvalue weighted by Crippen LogP contribution is -1.82. The van der Waals surface area contributed by atoms with Crippen molar-refractivity contribution in [1.82, 2.24) is 5.16 Å². The molecule has 0 fully saturated rings. The molecule has 0 atom stereocenters. The third kappa shape index (κ3) is 1.48. The van der Waals surface area contributed by atoms with E-state index < -0.39 is 0 Å². The Hall–Kier alpha value is -2.17. The van der Waals surface area contributed by atoms with Crippen LogP contribution in [0.3, 0.4) is 0 Å². The van der Waals surface area contributed by atoms with Crippen LogP contribution in [0.5, 0.6) is 11.5 Å².